The second-order valence-electron chi connectivity index (χ2n) is 4.01. The van der Waals surface area contributed by atoms with Crippen molar-refractivity contribution in [2.45, 2.75) is 18.9 Å². The Morgan fingerprint density at radius 3 is 2.67 bits per heavy atom. The van der Waals surface area contributed by atoms with E-state index in [0.29, 0.717) is 17.2 Å². The van der Waals surface area contributed by atoms with Crippen LogP contribution in [0.15, 0.2) is 29.4 Å². The topological polar surface area (TPSA) is 101 Å². The molecule has 1 aromatic heterocycles. The maximum absolute atomic E-state index is 12.1. The van der Waals surface area contributed by atoms with Crippen LogP contribution in [0.4, 0.5) is 11.4 Å². The van der Waals surface area contributed by atoms with Crippen molar-refractivity contribution in [1.29, 1.82) is 0 Å². The van der Waals surface area contributed by atoms with Crippen molar-refractivity contribution in [2.75, 3.05) is 10.5 Å². The van der Waals surface area contributed by atoms with Crippen molar-refractivity contribution in [3.8, 4) is 0 Å². The number of rotatable bonds is 3. The van der Waals surface area contributed by atoms with Gasteiger partial charge in [0.1, 0.15) is 5.82 Å². The minimum absolute atomic E-state index is 0.0295. The van der Waals surface area contributed by atoms with Crippen molar-refractivity contribution < 1.29 is 8.42 Å². The van der Waals surface area contributed by atoms with E-state index in [1.165, 1.54) is 6.20 Å². The number of aromatic amines is 1. The molecule has 0 spiro atoms. The molecule has 0 saturated carbocycles. The van der Waals surface area contributed by atoms with E-state index in [4.69, 9.17) is 5.73 Å². The number of nitrogen functional groups attached to an aromatic ring is 1. The first-order valence-corrected chi connectivity index (χ1v) is 6.77. The van der Waals surface area contributed by atoms with E-state index in [2.05, 4.69) is 14.7 Å². The van der Waals surface area contributed by atoms with Gasteiger partial charge >= 0.3 is 0 Å². The summed E-state index contributed by atoms with van der Waals surface area (Å²) in [7, 11) is -3.66. The number of nitrogens with two attached hydrogens (primary N) is 1. The van der Waals surface area contributed by atoms with Gasteiger partial charge in [0.25, 0.3) is 10.0 Å². The van der Waals surface area contributed by atoms with Crippen molar-refractivity contribution in [3.05, 3.63) is 35.8 Å². The van der Waals surface area contributed by atoms with Gasteiger partial charge in [0.15, 0.2) is 5.03 Å². The number of hydrogen-bond acceptors (Lipinski definition) is 4. The summed E-state index contributed by atoms with van der Waals surface area (Å²) in [5.41, 5.74) is 7.39. The molecule has 1 aromatic carbocycles. The highest BCUT2D eigenvalue weighted by Crippen LogP contribution is 2.21. The van der Waals surface area contributed by atoms with E-state index < -0.39 is 10.0 Å². The van der Waals surface area contributed by atoms with E-state index in [0.717, 1.165) is 5.56 Å². The summed E-state index contributed by atoms with van der Waals surface area (Å²) >= 11 is 0. The normalized spacial score (nSPS) is 11.4. The largest absolute Gasteiger partial charge is 0.399 e. The second-order valence-corrected chi connectivity index (χ2v) is 5.66. The molecule has 2 rings (SSSR count). The van der Waals surface area contributed by atoms with E-state index in [1.807, 2.05) is 0 Å². The standard InChI is InChI=1S/C11H14N4O2S/c1-7-3-4-9(12)5-10(7)15-18(16,17)11-6-13-8(2)14-11/h3-6,15H,12H2,1-2H3,(H,13,14). The quantitative estimate of drug-likeness (QED) is 0.731. The van der Waals surface area contributed by atoms with Gasteiger partial charge in [-0.3, -0.25) is 4.72 Å². The van der Waals surface area contributed by atoms with Crippen molar-refractivity contribution >= 4 is 21.4 Å². The lowest BCUT2D eigenvalue weighted by atomic mass is 10.2. The molecule has 0 unspecified atom stereocenters. The molecule has 2 aromatic rings. The van der Waals surface area contributed by atoms with Gasteiger partial charge in [-0.05, 0) is 31.5 Å². The van der Waals surface area contributed by atoms with Crippen LogP contribution in [0.1, 0.15) is 11.4 Å². The molecule has 1 heterocycles. The van der Waals surface area contributed by atoms with Crippen molar-refractivity contribution in [2.24, 2.45) is 0 Å². The molecule has 0 aliphatic heterocycles. The molecule has 0 fully saturated rings. The summed E-state index contributed by atoms with van der Waals surface area (Å²) in [6.45, 7) is 3.49. The molecule has 0 bridgehead atoms. The first-order valence-electron chi connectivity index (χ1n) is 5.29. The number of nitrogens with zero attached hydrogens (tertiary/aromatic N) is 1. The number of anilines is 2. The Morgan fingerprint density at radius 1 is 1.33 bits per heavy atom. The summed E-state index contributed by atoms with van der Waals surface area (Å²) in [6, 6.07) is 5.05. The minimum atomic E-state index is -3.66. The van der Waals surface area contributed by atoms with Crippen LogP contribution in [-0.2, 0) is 10.0 Å². The molecule has 18 heavy (non-hydrogen) atoms. The Labute approximate surface area is 105 Å². The molecule has 6 nitrogen and oxygen atoms in total. The maximum Gasteiger partial charge on any atom is 0.278 e. The van der Waals surface area contributed by atoms with Gasteiger partial charge in [-0.15, -0.1) is 0 Å². The Morgan fingerprint density at radius 2 is 2.06 bits per heavy atom. The summed E-state index contributed by atoms with van der Waals surface area (Å²) < 4.78 is 26.6. The molecule has 0 aliphatic rings. The fraction of sp³-hybridized carbons (Fsp3) is 0.182. The zero-order chi connectivity index (χ0) is 13.3. The number of H-pyrrole nitrogens is 1. The highest BCUT2D eigenvalue weighted by molar-refractivity contribution is 7.92. The SMILES string of the molecule is Cc1ncc(S(=O)(=O)Nc2cc(N)ccc2C)[nH]1. The lowest BCUT2D eigenvalue weighted by Crippen LogP contribution is -2.14. The third-order valence-electron chi connectivity index (χ3n) is 2.48. The summed E-state index contributed by atoms with van der Waals surface area (Å²) in [5, 5.41) is 0.0295. The van der Waals surface area contributed by atoms with Crippen LogP contribution in [0.2, 0.25) is 0 Å². The molecule has 96 valence electrons. The molecule has 0 aliphatic carbocycles. The molecular formula is C11H14N4O2S. The fourth-order valence-corrected chi connectivity index (χ4v) is 2.58. The van der Waals surface area contributed by atoms with Crippen molar-refractivity contribution in [3.63, 3.8) is 0 Å². The smallest absolute Gasteiger partial charge is 0.278 e. The Bertz CT molecular complexity index is 676. The number of benzene rings is 1. The zero-order valence-electron chi connectivity index (χ0n) is 10.1. The number of nitrogens with one attached hydrogen (secondary N) is 2. The van der Waals surface area contributed by atoms with Gasteiger partial charge in [-0.2, -0.15) is 8.42 Å². The van der Waals surface area contributed by atoms with Crippen LogP contribution < -0.4 is 10.5 Å². The first-order chi connectivity index (χ1) is 8.38. The molecular weight excluding hydrogens is 252 g/mol. The molecule has 0 atom stereocenters. The number of sulfonamides is 1. The molecule has 7 heteroatoms. The van der Waals surface area contributed by atoms with E-state index >= 15 is 0 Å². The highest BCUT2D eigenvalue weighted by Gasteiger charge is 2.17. The predicted molar refractivity (Wildman–Crippen MR) is 69.7 cm³/mol. The molecule has 0 saturated heterocycles. The Balaban J connectivity index is 2.36. The fourth-order valence-electron chi connectivity index (χ4n) is 1.48. The number of aromatic nitrogens is 2. The molecule has 0 amide bonds. The van der Waals surface area contributed by atoms with Gasteiger partial charge in [0.2, 0.25) is 0 Å². The van der Waals surface area contributed by atoms with Crippen LogP contribution in [0, 0.1) is 13.8 Å². The third-order valence-corrected chi connectivity index (χ3v) is 3.75. The van der Waals surface area contributed by atoms with Crippen LogP contribution in [0.3, 0.4) is 0 Å². The van der Waals surface area contributed by atoms with Crippen LogP contribution in [-0.4, -0.2) is 18.4 Å². The Kier molecular flexibility index (Phi) is 3.00. The van der Waals surface area contributed by atoms with Gasteiger partial charge in [0.05, 0.1) is 11.9 Å². The van der Waals surface area contributed by atoms with E-state index in [9.17, 15) is 8.42 Å². The summed E-state index contributed by atoms with van der Waals surface area (Å²) in [5.74, 6) is 0.541. The zero-order valence-corrected chi connectivity index (χ0v) is 10.9. The summed E-state index contributed by atoms with van der Waals surface area (Å²) in [4.78, 5) is 6.54. The average molecular weight is 266 g/mol. The second kappa shape index (κ2) is 4.34. The minimum Gasteiger partial charge on any atom is -0.399 e. The van der Waals surface area contributed by atoms with E-state index in [-0.39, 0.29) is 5.03 Å². The number of hydrogen-bond donors (Lipinski definition) is 3. The van der Waals surface area contributed by atoms with E-state index in [1.54, 1.807) is 32.0 Å². The lowest BCUT2D eigenvalue weighted by Gasteiger charge is -2.09. The third kappa shape index (κ3) is 2.45. The number of imidazole rings is 1. The first kappa shape index (κ1) is 12.4. The number of aryl methyl sites for hydroxylation is 2. The van der Waals surface area contributed by atoms with Crippen LogP contribution >= 0.6 is 0 Å². The summed E-state index contributed by atoms with van der Waals surface area (Å²) in [6.07, 6.45) is 1.28. The van der Waals surface area contributed by atoms with Crippen LogP contribution in [0.5, 0.6) is 0 Å². The lowest BCUT2D eigenvalue weighted by molar-refractivity contribution is 0.598. The maximum atomic E-state index is 12.1. The molecule has 0 radical (unpaired) electrons. The van der Waals surface area contributed by atoms with Gasteiger partial charge in [0, 0.05) is 5.69 Å². The monoisotopic (exact) mass is 266 g/mol. The van der Waals surface area contributed by atoms with Crippen molar-refractivity contribution in [1.82, 2.24) is 9.97 Å². The van der Waals surface area contributed by atoms with Gasteiger partial charge in [-0.25, -0.2) is 4.98 Å². The average Bonchev–Trinajstić information content (AvgIpc) is 2.71. The van der Waals surface area contributed by atoms with Gasteiger partial charge < -0.3 is 10.7 Å². The Hall–Kier alpha value is -2.02. The molecule has 4 N–H and O–H groups in total. The highest BCUT2D eigenvalue weighted by atomic mass is 32.2. The van der Waals surface area contributed by atoms with Gasteiger partial charge in [-0.1, -0.05) is 6.07 Å². The van der Waals surface area contributed by atoms with Crippen LogP contribution in [0.25, 0.3) is 0 Å². The predicted octanol–water partition coefficient (Wildman–Crippen LogP) is 1.41.